The molecule has 1 N–H and O–H groups in total. The summed E-state index contributed by atoms with van der Waals surface area (Å²) in [6, 6.07) is -0.325. The number of carboxylic acids is 1. The highest BCUT2D eigenvalue weighted by molar-refractivity contribution is 7.18. The highest BCUT2D eigenvalue weighted by Gasteiger charge is 2.59. The van der Waals surface area contributed by atoms with E-state index in [0.717, 1.165) is 15.4 Å². The number of imidazole rings is 1. The number of fused-ring (bicyclic) bond motifs is 2. The van der Waals surface area contributed by atoms with Gasteiger partial charge in [-0.25, -0.2) is 4.57 Å². The van der Waals surface area contributed by atoms with Crippen LogP contribution in [-0.2, 0) is 16.6 Å². The van der Waals surface area contributed by atoms with Gasteiger partial charge in [-0.15, -0.1) is 0 Å². The largest absolute Gasteiger partial charge is 0.543 e. The summed E-state index contributed by atoms with van der Waals surface area (Å²) in [5.74, 6) is -2.43. The SMILES string of the molecule is Cc1c2sc(C3=C(C(=O)[O-])N4C(=O)[C@H]([C@@H](C)O)[C@H]4[C@H]3C)c[n+]2cn1C. The first-order valence-corrected chi connectivity index (χ1v) is 8.99. The van der Waals surface area contributed by atoms with Crippen molar-refractivity contribution in [1.82, 2.24) is 9.47 Å². The van der Waals surface area contributed by atoms with Gasteiger partial charge in [-0.1, -0.05) is 18.3 Å². The number of rotatable bonds is 3. The van der Waals surface area contributed by atoms with Gasteiger partial charge in [-0.2, -0.15) is 4.40 Å². The van der Waals surface area contributed by atoms with Gasteiger partial charge in [0, 0.05) is 18.4 Å². The highest BCUT2D eigenvalue weighted by atomic mass is 32.1. The molecule has 0 unspecified atom stereocenters. The number of carboxylic acid groups (broad SMARTS) is 1. The minimum absolute atomic E-state index is 0.0501. The first-order valence-electron chi connectivity index (χ1n) is 8.17. The van der Waals surface area contributed by atoms with Crippen LogP contribution in [0.5, 0.6) is 0 Å². The van der Waals surface area contributed by atoms with E-state index in [0.29, 0.717) is 5.57 Å². The van der Waals surface area contributed by atoms with Gasteiger partial charge in [-0.05, 0) is 6.92 Å². The number of aryl methyl sites for hydroxylation is 2. The first-order chi connectivity index (χ1) is 11.7. The number of aromatic nitrogens is 2. The van der Waals surface area contributed by atoms with Crippen LogP contribution >= 0.6 is 11.3 Å². The molecule has 0 aliphatic carbocycles. The van der Waals surface area contributed by atoms with Crippen LogP contribution in [0.1, 0.15) is 24.4 Å². The van der Waals surface area contributed by atoms with Crippen molar-refractivity contribution in [2.24, 2.45) is 18.9 Å². The lowest BCUT2D eigenvalue weighted by atomic mass is 9.77. The molecule has 2 aromatic heterocycles. The average Bonchev–Trinajstić information content (AvgIpc) is 3.10. The van der Waals surface area contributed by atoms with E-state index in [1.54, 1.807) is 6.92 Å². The first kappa shape index (κ1) is 16.3. The normalized spacial score (nSPS) is 27.0. The fraction of sp³-hybridized carbons (Fsp3) is 0.471. The Morgan fingerprint density at radius 2 is 2.16 bits per heavy atom. The van der Waals surface area contributed by atoms with E-state index in [-0.39, 0.29) is 23.6 Å². The summed E-state index contributed by atoms with van der Waals surface area (Å²) in [4.78, 5) is 27.3. The van der Waals surface area contributed by atoms with Gasteiger partial charge in [0.2, 0.25) is 17.1 Å². The van der Waals surface area contributed by atoms with E-state index in [4.69, 9.17) is 0 Å². The van der Waals surface area contributed by atoms with Crippen LogP contribution in [-0.4, -0.2) is 38.6 Å². The van der Waals surface area contributed by atoms with Crippen LogP contribution in [0.4, 0.5) is 0 Å². The number of β-lactam (4-membered cyclic amide) rings is 1. The number of amides is 1. The minimum Gasteiger partial charge on any atom is -0.543 e. The van der Waals surface area contributed by atoms with Gasteiger partial charge in [0.25, 0.3) is 0 Å². The quantitative estimate of drug-likeness (QED) is 0.587. The molecule has 0 aromatic carbocycles. The molecule has 0 radical (unpaired) electrons. The van der Waals surface area contributed by atoms with E-state index >= 15 is 0 Å². The lowest BCUT2D eigenvalue weighted by molar-refractivity contribution is -0.508. The van der Waals surface area contributed by atoms with Crippen molar-refractivity contribution in [3.8, 4) is 0 Å². The summed E-state index contributed by atoms with van der Waals surface area (Å²) in [5.41, 5.74) is 1.65. The van der Waals surface area contributed by atoms with Crippen molar-refractivity contribution in [2.75, 3.05) is 0 Å². The lowest BCUT2D eigenvalue weighted by Crippen LogP contribution is -2.64. The lowest BCUT2D eigenvalue weighted by Gasteiger charge is -2.47. The molecule has 0 spiro atoms. The topological polar surface area (TPSA) is 89.7 Å². The van der Waals surface area contributed by atoms with Crippen LogP contribution < -0.4 is 9.51 Å². The molecule has 4 rings (SSSR count). The van der Waals surface area contributed by atoms with Gasteiger partial charge in [-0.3, -0.25) is 4.79 Å². The van der Waals surface area contributed by atoms with Crippen molar-refractivity contribution in [3.05, 3.63) is 28.8 Å². The van der Waals surface area contributed by atoms with Crippen LogP contribution in [0, 0.1) is 18.8 Å². The molecule has 2 aliphatic rings. The van der Waals surface area contributed by atoms with Crippen LogP contribution in [0.2, 0.25) is 0 Å². The molecule has 4 atom stereocenters. The molecule has 2 aromatic rings. The summed E-state index contributed by atoms with van der Waals surface area (Å²) < 4.78 is 3.97. The number of thiazole rings is 1. The highest BCUT2D eigenvalue weighted by Crippen LogP contribution is 2.50. The Labute approximate surface area is 148 Å². The number of hydrogen-bond acceptors (Lipinski definition) is 5. The number of aliphatic carboxylic acids is 1. The molecule has 1 fully saturated rings. The predicted molar refractivity (Wildman–Crippen MR) is 88.1 cm³/mol. The number of aliphatic hydroxyl groups is 1. The van der Waals surface area contributed by atoms with Crippen molar-refractivity contribution >= 4 is 33.6 Å². The molecule has 25 heavy (non-hydrogen) atoms. The van der Waals surface area contributed by atoms with E-state index in [1.165, 1.54) is 16.2 Å². The Balaban J connectivity index is 1.86. The molecule has 0 saturated carbocycles. The number of nitrogens with zero attached hydrogens (tertiary/aromatic N) is 3. The average molecular weight is 361 g/mol. The Hall–Kier alpha value is -2.19. The molecule has 1 saturated heterocycles. The number of carbonyl (C=O) groups excluding carboxylic acids is 2. The van der Waals surface area contributed by atoms with Crippen LogP contribution in [0.15, 0.2) is 18.2 Å². The second kappa shape index (κ2) is 5.15. The fourth-order valence-corrected chi connectivity index (χ4v) is 5.41. The summed E-state index contributed by atoms with van der Waals surface area (Å²) in [7, 11) is 1.95. The summed E-state index contributed by atoms with van der Waals surface area (Å²) >= 11 is 1.50. The second-order valence-corrected chi connectivity index (χ2v) is 7.95. The third kappa shape index (κ3) is 1.98. The monoisotopic (exact) mass is 361 g/mol. The van der Waals surface area contributed by atoms with Crippen molar-refractivity contribution in [1.29, 1.82) is 0 Å². The molecule has 4 heterocycles. The van der Waals surface area contributed by atoms with Gasteiger partial charge in [0.15, 0.2) is 5.69 Å². The van der Waals surface area contributed by atoms with Crippen LogP contribution in [0.3, 0.4) is 0 Å². The fourth-order valence-electron chi connectivity index (χ4n) is 4.15. The maximum atomic E-state index is 12.4. The summed E-state index contributed by atoms with van der Waals surface area (Å²) in [5, 5.41) is 21.7. The van der Waals surface area contributed by atoms with E-state index in [1.807, 2.05) is 42.4 Å². The Morgan fingerprint density at radius 1 is 1.48 bits per heavy atom. The van der Waals surface area contributed by atoms with Crippen molar-refractivity contribution in [3.63, 3.8) is 0 Å². The van der Waals surface area contributed by atoms with Crippen molar-refractivity contribution < 1.29 is 24.2 Å². The van der Waals surface area contributed by atoms with Crippen LogP contribution in [0.25, 0.3) is 10.4 Å². The number of hydrogen-bond donors (Lipinski definition) is 1. The molecule has 2 aliphatic heterocycles. The van der Waals surface area contributed by atoms with Gasteiger partial charge >= 0.3 is 0 Å². The van der Waals surface area contributed by atoms with E-state index < -0.39 is 18.0 Å². The predicted octanol–water partition coefficient (Wildman–Crippen LogP) is -0.548. The van der Waals surface area contributed by atoms with E-state index in [2.05, 4.69) is 0 Å². The molecular weight excluding hydrogens is 342 g/mol. The van der Waals surface area contributed by atoms with Gasteiger partial charge in [0.05, 0.1) is 41.7 Å². The zero-order valence-corrected chi connectivity index (χ0v) is 15.2. The third-order valence-corrected chi connectivity index (χ3v) is 6.71. The molecular formula is C17H19N3O4S. The molecule has 8 heteroatoms. The smallest absolute Gasteiger partial charge is 0.249 e. The molecule has 132 valence electrons. The summed E-state index contributed by atoms with van der Waals surface area (Å²) in [6.07, 6.45) is 3.02. The standard InChI is InChI=1S/C17H19N3O4S/c1-7-11(10-5-19-6-18(4)8(2)16(19)25-10)14(17(23)24)20-13(7)12(9(3)21)15(20)22/h5-7,9,12-13,21H,1-4H3/t7-,9+,12+,13+/m0/s1. The zero-order valence-electron chi connectivity index (χ0n) is 14.4. The maximum Gasteiger partial charge on any atom is 0.249 e. The second-order valence-electron chi connectivity index (χ2n) is 6.92. The minimum atomic E-state index is -1.35. The van der Waals surface area contributed by atoms with Gasteiger partial charge < -0.3 is 19.9 Å². The molecule has 1 amide bonds. The third-order valence-electron chi connectivity index (χ3n) is 5.46. The Morgan fingerprint density at radius 3 is 2.72 bits per heavy atom. The number of carbonyl (C=O) groups is 2. The van der Waals surface area contributed by atoms with Gasteiger partial charge in [0.1, 0.15) is 6.20 Å². The molecule has 7 nitrogen and oxygen atoms in total. The summed E-state index contributed by atoms with van der Waals surface area (Å²) in [6.45, 7) is 5.48. The Kier molecular flexibility index (Phi) is 3.36. The van der Waals surface area contributed by atoms with E-state index in [9.17, 15) is 19.8 Å². The number of aliphatic hydroxyl groups excluding tert-OH is 1. The zero-order chi connectivity index (χ0) is 18.2. The maximum absolute atomic E-state index is 12.4. The molecule has 0 bridgehead atoms. The van der Waals surface area contributed by atoms with Crippen molar-refractivity contribution in [2.45, 2.75) is 32.9 Å². The Bertz CT molecular complexity index is 955.